The minimum absolute atomic E-state index is 0.0983. The molecule has 0 saturated heterocycles. The number of hydrogen-bond donors (Lipinski definition) is 1. The fourth-order valence-electron chi connectivity index (χ4n) is 2.53. The molecule has 2 heterocycles. The molecule has 0 amide bonds. The lowest BCUT2D eigenvalue weighted by molar-refractivity contribution is -0.137. The summed E-state index contributed by atoms with van der Waals surface area (Å²) < 4.78 is 67.6. The van der Waals surface area contributed by atoms with Gasteiger partial charge in [-0.15, -0.1) is 0 Å². The van der Waals surface area contributed by atoms with E-state index in [0.29, 0.717) is 11.8 Å². The van der Waals surface area contributed by atoms with Gasteiger partial charge in [-0.3, -0.25) is 4.72 Å². The first-order valence-electron chi connectivity index (χ1n) is 7.77. The summed E-state index contributed by atoms with van der Waals surface area (Å²) in [5, 5.41) is 4.26. The van der Waals surface area contributed by atoms with Gasteiger partial charge in [0.15, 0.2) is 5.82 Å². The standard InChI is InChI=1S/C17H15F3N4O2S/c1-11-9-12(2)24(22-11)16-15(7-4-8-21-16)23-27(25,26)14-6-3-5-13(10-14)17(18,19)20/h3-10,23H,1-2H3. The lowest BCUT2D eigenvalue weighted by Crippen LogP contribution is -2.17. The first-order chi connectivity index (χ1) is 12.6. The second-order valence-electron chi connectivity index (χ2n) is 5.84. The van der Waals surface area contributed by atoms with E-state index in [0.717, 1.165) is 23.9 Å². The summed E-state index contributed by atoms with van der Waals surface area (Å²) in [6, 6.07) is 8.30. The van der Waals surface area contributed by atoms with E-state index in [2.05, 4.69) is 14.8 Å². The first kappa shape index (κ1) is 18.9. The Hall–Kier alpha value is -2.88. The molecule has 3 aromatic rings. The van der Waals surface area contributed by atoms with Gasteiger partial charge >= 0.3 is 6.18 Å². The number of alkyl halides is 3. The normalized spacial score (nSPS) is 12.2. The molecule has 0 fully saturated rings. The molecule has 1 N–H and O–H groups in total. The Kier molecular flexibility index (Phi) is 4.68. The maximum atomic E-state index is 12.9. The maximum Gasteiger partial charge on any atom is 0.416 e. The average Bonchev–Trinajstić information content (AvgIpc) is 2.92. The Bertz CT molecular complexity index is 1090. The predicted octanol–water partition coefficient (Wildman–Crippen LogP) is 3.70. The van der Waals surface area contributed by atoms with Crippen LogP contribution in [0, 0.1) is 13.8 Å². The van der Waals surface area contributed by atoms with Crippen molar-refractivity contribution in [3.8, 4) is 5.82 Å². The molecule has 0 radical (unpaired) electrons. The zero-order valence-corrected chi connectivity index (χ0v) is 15.1. The number of anilines is 1. The van der Waals surface area contributed by atoms with E-state index >= 15 is 0 Å². The van der Waals surface area contributed by atoms with Gasteiger partial charge in [0.25, 0.3) is 10.0 Å². The number of rotatable bonds is 4. The van der Waals surface area contributed by atoms with Gasteiger partial charge in [0.2, 0.25) is 0 Å². The minimum atomic E-state index is -4.64. The van der Waals surface area contributed by atoms with Gasteiger partial charge in [-0.25, -0.2) is 18.1 Å². The van der Waals surface area contributed by atoms with Gasteiger partial charge in [0, 0.05) is 11.9 Å². The smallest absolute Gasteiger partial charge is 0.276 e. The summed E-state index contributed by atoms with van der Waals surface area (Å²) in [7, 11) is -4.26. The van der Waals surface area contributed by atoms with Crippen molar-refractivity contribution in [3.63, 3.8) is 0 Å². The lowest BCUT2D eigenvalue weighted by atomic mass is 10.2. The number of aryl methyl sites for hydroxylation is 2. The van der Waals surface area contributed by atoms with E-state index in [-0.39, 0.29) is 11.5 Å². The third-order valence-corrected chi connectivity index (χ3v) is 5.08. The van der Waals surface area contributed by atoms with Crippen molar-refractivity contribution < 1.29 is 21.6 Å². The van der Waals surface area contributed by atoms with Crippen molar-refractivity contribution in [2.24, 2.45) is 0 Å². The summed E-state index contributed by atoms with van der Waals surface area (Å²) in [5.74, 6) is 0.221. The number of nitrogens with one attached hydrogen (secondary N) is 1. The van der Waals surface area contributed by atoms with Crippen LogP contribution in [-0.2, 0) is 16.2 Å². The maximum absolute atomic E-state index is 12.9. The summed E-state index contributed by atoms with van der Waals surface area (Å²) in [4.78, 5) is 3.65. The largest absolute Gasteiger partial charge is 0.416 e. The monoisotopic (exact) mass is 396 g/mol. The van der Waals surface area contributed by atoms with Crippen LogP contribution in [0.4, 0.5) is 18.9 Å². The van der Waals surface area contributed by atoms with Crippen molar-refractivity contribution in [1.82, 2.24) is 14.8 Å². The molecular formula is C17H15F3N4O2S. The molecule has 0 aliphatic heterocycles. The van der Waals surface area contributed by atoms with E-state index in [4.69, 9.17) is 0 Å². The van der Waals surface area contributed by atoms with E-state index in [1.165, 1.54) is 23.0 Å². The third kappa shape index (κ3) is 3.95. The topological polar surface area (TPSA) is 76.9 Å². The van der Waals surface area contributed by atoms with Crippen LogP contribution in [-0.4, -0.2) is 23.2 Å². The molecular weight excluding hydrogens is 381 g/mol. The Morgan fingerprint density at radius 2 is 1.81 bits per heavy atom. The van der Waals surface area contributed by atoms with Crippen LogP contribution in [0.3, 0.4) is 0 Å². The summed E-state index contributed by atoms with van der Waals surface area (Å²) in [5.41, 5.74) is 0.493. The number of pyridine rings is 1. The average molecular weight is 396 g/mol. The Morgan fingerprint density at radius 3 is 2.44 bits per heavy atom. The van der Waals surface area contributed by atoms with Gasteiger partial charge in [-0.1, -0.05) is 6.07 Å². The van der Waals surface area contributed by atoms with E-state index in [9.17, 15) is 21.6 Å². The molecule has 6 nitrogen and oxygen atoms in total. The highest BCUT2D eigenvalue weighted by Gasteiger charge is 2.31. The fraction of sp³-hybridized carbons (Fsp3) is 0.176. The van der Waals surface area contributed by atoms with E-state index in [1.807, 2.05) is 0 Å². The zero-order chi connectivity index (χ0) is 19.8. The molecule has 3 rings (SSSR count). The highest BCUT2D eigenvalue weighted by molar-refractivity contribution is 7.92. The molecule has 0 saturated carbocycles. The number of benzene rings is 1. The molecule has 0 spiro atoms. The molecule has 142 valence electrons. The van der Waals surface area contributed by atoms with Crippen LogP contribution in [0.5, 0.6) is 0 Å². The number of nitrogens with zero attached hydrogens (tertiary/aromatic N) is 3. The highest BCUT2D eigenvalue weighted by Crippen LogP contribution is 2.31. The molecule has 0 aliphatic carbocycles. The molecule has 10 heteroatoms. The summed E-state index contributed by atoms with van der Waals surface area (Å²) in [6.07, 6.45) is -3.18. The van der Waals surface area contributed by atoms with Crippen molar-refractivity contribution in [1.29, 1.82) is 0 Å². The van der Waals surface area contributed by atoms with E-state index < -0.39 is 26.7 Å². The molecule has 0 bridgehead atoms. The second kappa shape index (κ2) is 6.69. The zero-order valence-electron chi connectivity index (χ0n) is 14.3. The quantitative estimate of drug-likeness (QED) is 0.730. The second-order valence-corrected chi connectivity index (χ2v) is 7.53. The molecule has 27 heavy (non-hydrogen) atoms. The van der Waals surface area contributed by atoms with Crippen LogP contribution in [0.1, 0.15) is 17.0 Å². The van der Waals surface area contributed by atoms with Crippen LogP contribution in [0.25, 0.3) is 5.82 Å². The fourth-order valence-corrected chi connectivity index (χ4v) is 3.64. The summed E-state index contributed by atoms with van der Waals surface area (Å²) in [6.45, 7) is 3.55. The summed E-state index contributed by atoms with van der Waals surface area (Å²) >= 11 is 0. The van der Waals surface area contributed by atoms with Crippen molar-refractivity contribution in [3.05, 3.63) is 65.6 Å². The van der Waals surface area contributed by atoms with Crippen LogP contribution >= 0.6 is 0 Å². The van der Waals surface area contributed by atoms with Gasteiger partial charge in [0.1, 0.15) is 0 Å². The number of sulfonamides is 1. The SMILES string of the molecule is Cc1cc(C)n(-c2ncccc2NS(=O)(=O)c2cccc(C(F)(F)F)c2)n1. The minimum Gasteiger partial charge on any atom is -0.276 e. The Balaban J connectivity index is 2.02. The highest BCUT2D eigenvalue weighted by atomic mass is 32.2. The lowest BCUT2D eigenvalue weighted by Gasteiger charge is -2.14. The predicted molar refractivity (Wildman–Crippen MR) is 93.1 cm³/mol. The van der Waals surface area contributed by atoms with Crippen molar-refractivity contribution in [2.45, 2.75) is 24.9 Å². The van der Waals surface area contributed by atoms with Crippen molar-refractivity contribution in [2.75, 3.05) is 4.72 Å². The van der Waals surface area contributed by atoms with Crippen LogP contribution in [0.15, 0.2) is 53.6 Å². The van der Waals surface area contributed by atoms with Gasteiger partial charge in [-0.2, -0.15) is 18.3 Å². The first-order valence-corrected chi connectivity index (χ1v) is 9.25. The molecule has 1 aromatic carbocycles. The number of hydrogen-bond acceptors (Lipinski definition) is 4. The van der Waals surface area contributed by atoms with Crippen LogP contribution < -0.4 is 4.72 Å². The molecule has 0 atom stereocenters. The van der Waals surface area contributed by atoms with Crippen LogP contribution in [0.2, 0.25) is 0 Å². The third-order valence-electron chi connectivity index (χ3n) is 3.71. The Labute approximate surface area is 153 Å². The molecule has 0 aliphatic rings. The van der Waals surface area contributed by atoms with Gasteiger partial charge in [-0.05, 0) is 50.2 Å². The molecule has 2 aromatic heterocycles. The van der Waals surface area contributed by atoms with E-state index in [1.54, 1.807) is 19.9 Å². The Morgan fingerprint density at radius 1 is 1.07 bits per heavy atom. The number of aromatic nitrogens is 3. The van der Waals surface area contributed by atoms with Crippen molar-refractivity contribution >= 4 is 15.7 Å². The van der Waals surface area contributed by atoms with Gasteiger partial charge in [0.05, 0.1) is 21.8 Å². The van der Waals surface area contributed by atoms with Gasteiger partial charge < -0.3 is 0 Å². The molecule has 0 unspecified atom stereocenters. The number of halogens is 3.